The van der Waals surface area contributed by atoms with Gasteiger partial charge >= 0.3 is 0 Å². The van der Waals surface area contributed by atoms with Crippen molar-refractivity contribution in [1.29, 1.82) is 10.5 Å². The molecule has 130 valence electrons. The standard InChI is InChI=1S/C23H22N2O/c1-12(2)15-7-5-14(4)20-17(9-15)13(3)6-8-16-21(20)23-19(11-25)18(10-24)22(16)26-23/h5-9,12,18-19,22-23H,1-4H3. The van der Waals surface area contributed by atoms with Crippen molar-refractivity contribution in [3.63, 3.8) is 0 Å². The molecule has 0 aromatic carbocycles. The first-order valence-corrected chi connectivity index (χ1v) is 9.17. The number of hydrogen-bond acceptors (Lipinski definition) is 3. The SMILES string of the molecule is CC1=CC=C2C(=C3C(C)=CC=C(C(C)C)C=C13)C1OC2C(C#N)C1C#N. The maximum atomic E-state index is 9.66. The normalized spacial score (nSPS) is 32.2. The summed E-state index contributed by atoms with van der Waals surface area (Å²) in [6, 6.07) is 4.64. The quantitative estimate of drug-likeness (QED) is 0.694. The number of nitriles is 2. The number of hydrogen-bond donors (Lipinski definition) is 0. The highest BCUT2D eigenvalue weighted by atomic mass is 16.5. The van der Waals surface area contributed by atoms with Crippen LogP contribution in [-0.2, 0) is 4.74 Å². The second-order valence-corrected chi connectivity index (χ2v) is 7.78. The van der Waals surface area contributed by atoms with Crippen molar-refractivity contribution < 1.29 is 4.74 Å². The molecule has 4 aliphatic rings. The van der Waals surface area contributed by atoms with E-state index in [0.717, 1.165) is 11.1 Å². The summed E-state index contributed by atoms with van der Waals surface area (Å²) in [6.07, 6.45) is 10.3. The molecular weight excluding hydrogens is 320 g/mol. The van der Waals surface area contributed by atoms with E-state index in [9.17, 15) is 10.5 Å². The fourth-order valence-corrected chi connectivity index (χ4v) is 4.44. The molecule has 0 aromatic rings. The molecule has 2 bridgehead atoms. The third-order valence-electron chi connectivity index (χ3n) is 5.91. The van der Waals surface area contributed by atoms with E-state index in [0.29, 0.717) is 5.92 Å². The number of rotatable bonds is 1. The summed E-state index contributed by atoms with van der Waals surface area (Å²) in [5, 5.41) is 19.2. The minimum atomic E-state index is -0.405. The van der Waals surface area contributed by atoms with Crippen LogP contribution in [0.25, 0.3) is 0 Å². The molecule has 0 N–H and O–H groups in total. The molecule has 3 heteroatoms. The Balaban J connectivity index is 1.98. The van der Waals surface area contributed by atoms with Crippen molar-refractivity contribution in [2.45, 2.75) is 39.9 Å². The average Bonchev–Trinajstić information content (AvgIpc) is 3.04. The minimum Gasteiger partial charge on any atom is -0.363 e. The fraction of sp³-hybridized carbons (Fsp3) is 0.391. The largest absolute Gasteiger partial charge is 0.363 e. The van der Waals surface area contributed by atoms with Crippen molar-refractivity contribution in [3.05, 3.63) is 69.4 Å². The zero-order chi connectivity index (χ0) is 18.6. The van der Waals surface area contributed by atoms with E-state index in [-0.39, 0.29) is 18.1 Å². The summed E-state index contributed by atoms with van der Waals surface area (Å²) in [5.41, 5.74) is 8.26. The smallest absolute Gasteiger partial charge is 0.102 e. The Morgan fingerprint density at radius 2 is 1.58 bits per heavy atom. The van der Waals surface area contributed by atoms with Gasteiger partial charge in [-0.15, -0.1) is 0 Å². The van der Waals surface area contributed by atoms with Crippen LogP contribution in [0.5, 0.6) is 0 Å². The van der Waals surface area contributed by atoms with E-state index in [4.69, 9.17) is 4.74 Å². The van der Waals surface area contributed by atoms with Crippen LogP contribution in [0.2, 0.25) is 0 Å². The summed E-state index contributed by atoms with van der Waals surface area (Å²) in [7, 11) is 0. The molecule has 4 atom stereocenters. The van der Waals surface area contributed by atoms with Gasteiger partial charge in [0.1, 0.15) is 12.2 Å². The van der Waals surface area contributed by atoms with E-state index in [2.05, 4.69) is 70.2 Å². The van der Waals surface area contributed by atoms with Crippen LogP contribution in [0.15, 0.2) is 69.4 Å². The van der Waals surface area contributed by atoms with Gasteiger partial charge in [0.05, 0.1) is 24.0 Å². The second kappa shape index (κ2) is 5.97. The van der Waals surface area contributed by atoms with Crippen LogP contribution >= 0.6 is 0 Å². The van der Waals surface area contributed by atoms with Gasteiger partial charge in [-0.3, -0.25) is 0 Å². The lowest BCUT2D eigenvalue weighted by molar-refractivity contribution is 0.112. The molecule has 0 aromatic heterocycles. The van der Waals surface area contributed by atoms with E-state index < -0.39 is 5.92 Å². The third-order valence-corrected chi connectivity index (χ3v) is 5.91. The summed E-state index contributed by atoms with van der Waals surface area (Å²) in [5.74, 6) is -0.359. The van der Waals surface area contributed by atoms with Crippen LogP contribution in [0.3, 0.4) is 0 Å². The number of nitrogens with zero attached hydrogens (tertiary/aromatic N) is 2. The van der Waals surface area contributed by atoms with Crippen molar-refractivity contribution in [3.8, 4) is 12.1 Å². The molecule has 2 aliphatic heterocycles. The minimum absolute atomic E-state index is 0.297. The highest BCUT2D eigenvalue weighted by molar-refractivity contribution is 5.70. The predicted molar refractivity (Wildman–Crippen MR) is 100 cm³/mol. The molecule has 2 saturated heterocycles. The predicted octanol–water partition coefficient (Wildman–Crippen LogP) is 4.70. The molecule has 3 nitrogen and oxygen atoms in total. The summed E-state index contributed by atoms with van der Waals surface area (Å²) < 4.78 is 6.16. The molecule has 26 heavy (non-hydrogen) atoms. The Hall–Kier alpha value is -2.62. The van der Waals surface area contributed by atoms with Gasteiger partial charge in [-0.25, -0.2) is 0 Å². The highest BCUT2D eigenvalue weighted by Crippen LogP contribution is 2.53. The summed E-state index contributed by atoms with van der Waals surface area (Å²) in [4.78, 5) is 0. The topological polar surface area (TPSA) is 56.8 Å². The zero-order valence-corrected chi connectivity index (χ0v) is 15.6. The summed E-state index contributed by atoms with van der Waals surface area (Å²) >= 11 is 0. The Labute approximate surface area is 155 Å². The monoisotopic (exact) mass is 342 g/mol. The zero-order valence-electron chi connectivity index (χ0n) is 15.6. The van der Waals surface area contributed by atoms with Crippen LogP contribution in [0.4, 0.5) is 0 Å². The fourth-order valence-electron chi connectivity index (χ4n) is 4.44. The molecule has 2 heterocycles. The van der Waals surface area contributed by atoms with Crippen molar-refractivity contribution in [2.75, 3.05) is 0 Å². The number of ether oxygens (including phenoxy) is 1. The molecule has 2 aliphatic carbocycles. The average molecular weight is 342 g/mol. The Bertz CT molecular complexity index is 953. The van der Waals surface area contributed by atoms with E-state index in [1.807, 2.05) is 0 Å². The second-order valence-electron chi connectivity index (χ2n) is 7.78. The van der Waals surface area contributed by atoms with Gasteiger partial charge in [-0.2, -0.15) is 10.5 Å². The van der Waals surface area contributed by atoms with Gasteiger partial charge in [-0.1, -0.05) is 44.2 Å². The molecule has 0 spiro atoms. The molecule has 4 rings (SSSR count). The molecule has 4 unspecified atom stereocenters. The van der Waals surface area contributed by atoms with Crippen LogP contribution in [0.1, 0.15) is 27.7 Å². The number of fused-ring (bicyclic) bond motifs is 6. The van der Waals surface area contributed by atoms with Crippen molar-refractivity contribution >= 4 is 0 Å². The maximum absolute atomic E-state index is 9.66. The first kappa shape index (κ1) is 16.8. The lowest BCUT2D eigenvalue weighted by atomic mass is 9.72. The van der Waals surface area contributed by atoms with Crippen LogP contribution in [0, 0.1) is 40.4 Å². The van der Waals surface area contributed by atoms with E-state index in [1.165, 1.54) is 27.9 Å². The van der Waals surface area contributed by atoms with Crippen LogP contribution in [-0.4, -0.2) is 12.2 Å². The molecule has 2 fully saturated rings. The van der Waals surface area contributed by atoms with Gasteiger partial charge in [0.25, 0.3) is 0 Å². The van der Waals surface area contributed by atoms with Gasteiger partial charge < -0.3 is 4.74 Å². The summed E-state index contributed by atoms with van der Waals surface area (Å²) in [6.45, 7) is 8.66. The Morgan fingerprint density at radius 3 is 2.23 bits per heavy atom. The Kier molecular flexibility index (Phi) is 3.87. The molecule has 0 radical (unpaired) electrons. The van der Waals surface area contributed by atoms with Gasteiger partial charge in [0, 0.05) is 0 Å². The van der Waals surface area contributed by atoms with Crippen molar-refractivity contribution in [1.82, 2.24) is 0 Å². The maximum Gasteiger partial charge on any atom is 0.102 e. The lowest BCUT2D eigenvalue weighted by Gasteiger charge is -2.25. The Morgan fingerprint density at radius 1 is 0.923 bits per heavy atom. The first-order valence-electron chi connectivity index (χ1n) is 9.17. The van der Waals surface area contributed by atoms with Gasteiger partial charge in [-0.05, 0) is 58.8 Å². The van der Waals surface area contributed by atoms with Crippen molar-refractivity contribution in [2.24, 2.45) is 17.8 Å². The van der Waals surface area contributed by atoms with Gasteiger partial charge in [0.15, 0.2) is 0 Å². The third kappa shape index (κ3) is 2.21. The van der Waals surface area contributed by atoms with Gasteiger partial charge in [0.2, 0.25) is 0 Å². The lowest BCUT2D eigenvalue weighted by Crippen LogP contribution is -2.29. The van der Waals surface area contributed by atoms with Crippen LogP contribution < -0.4 is 0 Å². The molecular formula is C23H22N2O. The first-order chi connectivity index (χ1) is 12.5. The highest BCUT2D eigenvalue weighted by Gasteiger charge is 2.56. The number of allylic oxidation sites excluding steroid dienone is 10. The molecule has 0 saturated carbocycles. The molecule has 0 amide bonds. The van der Waals surface area contributed by atoms with E-state index in [1.54, 1.807) is 0 Å². The van der Waals surface area contributed by atoms with E-state index >= 15 is 0 Å².